The van der Waals surface area contributed by atoms with Gasteiger partial charge < -0.3 is 65.1 Å². The molecule has 562 valence electrons. The molecule has 0 spiro atoms. The van der Waals surface area contributed by atoms with Crippen LogP contribution in [0.25, 0.3) is 0 Å². The quantitative estimate of drug-likeness (QED) is 0.0204. The number of ether oxygens (including phenoxy) is 4. The summed E-state index contributed by atoms with van der Waals surface area (Å²) in [5, 5.41) is 87.6. The van der Waals surface area contributed by atoms with Crippen molar-refractivity contribution >= 4 is 5.91 Å². The molecule has 0 saturated carbocycles. The van der Waals surface area contributed by atoms with Crippen molar-refractivity contribution in [2.24, 2.45) is 0 Å². The zero-order chi connectivity index (χ0) is 70.8. The van der Waals surface area contributed by atoms with Crippen LogP contribution in [-0.2, 0) is 23.7 Å². The molecule has 0 radical (unpaired) electrons. The number of hydrogen-bond acceptors (Lipinski definition) is 13. The SMILES string of the molecule is CC/C=C\C/C=C\C/C=C\C/C=C\C/C=C\C/C=C\C/C=C\C/C=C\C/C=C\CCCCCCCCCC(=O)NC(COC1OC(CO)C(OC2OC(CO)C(O)C(O)C2O)C(O)C1O)C(O)/C=C/CC/C=C/CCCCCCCCCCCCCCCCCCCCCCCCC. The minimum atomic E-state index is -1.80. The van der Waals surface area contributed by atoms with Crippen molar-refractivity contribution in [3.8, 4) is 0 Å². The van der Waals surface area contributed by atoms with Gasteiger partial charge in [0.05, 0.1) is 32.0 Å². The molecule has 0 aliphatic carbocycles. The molecule has 14 heteroatoms. The normalized spacial score (nSPS) is 22.8. The van der Waals surface area contributed by atoms with Gasteiger partial charge in [-0.2, -0.15) is 0 Å². The Morgan fingerprint density at radius 1 is 0.378 bits per heavy atom. The molecule has 1 amide bonds. The van der Waals surface area contributed by atoms with Gasteiger partial charge in [-0.05, 0) is 103 Å². The molecule has 2 saturated heterocycles. The van der Waals surface area contributed by atoms with E-state index in [-0.39, 0.29) is 18.9 Å². The highest BCUT2D eigenvalue weighted by molar-refractivity contribution is 5.76. The number of nitrogens with one attached hydrogen (secondary N) is 1. The van der Waals surface area contributed by atoms with Gasteiger partial charge in [0.15, 0.2) is 12.6 Å². The molecular weight excluding hydrogens is 1230 g/mol. The molecule has 2 heterocycles. The first-order chi connectivity index (χ1) is 48.1. The lowest BCUT2D eigenvalue weighted by molar-refractivity contribution is -0.359. The molecule has 98 heavy (non-hydrogen) atoms. The van der Waals surface area contributed by atoms with Crippen molar-refractivity contribution in [2.75, 3.05) is 19.8 Å². The van der Waals surface area contributed by atoms with Gasteiger partial charge in [0, 0.05) is 6.42 Å². The highest BCUT2D eigenvalue weighted by Crippen LogP contribution is 2.30. The van der Waals surface area contributed by atoms with Crippen LogP contribution < -0.4 is 5.32 Å². The largest absolute Gasteiger partial charge is 0.394 e. The maximum absolute atomic E-state index is 13.4. The van der Waals surface area contributed by atoms with Crippen LogP contribution in [0, 0.1) is 0 Å². The fourth-order valence-corrected chi connectivity index (χ4v) is 12.1. The molecule has 0 aromatic carbocycles. The van der Waals surface area contributed by atoms with Crippen LogP contribution in [0.5, 0.6) is 0 Å². The van der Waals surface area contributed by atoms with Crippen LogP contribution in [0.3, 0.4) is 0 Å². The van der Waals surface area contributed by atoms with Crippen LogP contribution >= 0.6 is 0 Å². The summed E-state index contributed by atoms with van der Waals surface area (Å²) in [5.41, 5.74) is 0. The molecule has 9 N–H and O–H groups in total. The fraction of sp³-hybridized carbons (Fsp3) is 0.726. The Labute approximate surface area is 596 Å². The van der Waals surface area contributed by atoms with Crippen molar-refractivity contribution in [2.45, 2.75) is 370 Å². The summed E-state index contributed by atoms with van der Waals surface area (Å²) in [4.78, 5) is 13.4. The third-order valence-corrected chi connectivity index (χ3v) is 18.3. The lowest BCUT2D eigenvalue weighted by Crippen LogP contribution is -2.65. The van der Waals surface area contributed by atoms with E-state index in [9.17, 15) is 45.6 Å². The van der Waals surface area contributed by atoms with Crippen LogP contribution in [0.4, 0.5) is 0 Å². The van der Waals surface area contributed by atoms with Crippen LogP contribution in [0.1, 0.15) is 296 Å². The lowest BCUT2D eigenvalue weighted by atomic mass is 9.97. The number of rotatable bonds is 64. The van der Waals surface area contributed by atoms with E-state index in [2.05, 4.69) is 141 Å². The first-order valence-electron chi connectivity index (χ1n) is 39.4. The third kappa shape index (κ3) is 48.9. The minimum absolute atomic E-state index is 0.252. The zero-order valence-electron chi connectivity index (χ0n) is 61.5. The summed E-state index contributed by atoms with van der Waals surface area (Å²) < 4.78 is 22.9. The van der Waals surface area contributed by atoms with E-state index in [0.29, 0.717) is 12.8 Å². The Hall–Kier alpha value is -3.87. The van der Waals surface area contributed by atoms with E-state index in [1.807, 2.05) is 6.08 Å². The predicted molar refractivity (Wildman–Crippen MR) is 405 cm³/mol. The molecular formula is C84H143NO13. The van der Waals surface area contributed by atoms with E-state index < -0.39 is 86.8 Å². The molecule has 14 nitrogen and oxygen atoms in total. The van der Waals surface area contributed by atoms with E-state index in [4.69, 9.17) is 18.9 Å². The number of hydrogen-bond donors (Lipinski definition) is 9. The van der Waals surface area contributed by atoms with Gasteiger partial charge >= 0.3 is 0 Å². The van der Waals surface area contributed by atoms with E-state index in [1.165, 1.54) is 148 Å². The highest BCUT2D eigenvalue weighted by atomic mass is 16.7. The van der Waals surface area contributed by atoms with E-state index in [0.717, 1.165) is 116 Å². The Morgan fingerprint density at radius 3 is 1.12 bits per heavy atom. The molecule has 0 aromatic heterocycles. The van der Waals surface area contributed by atoms with Gasteiger partial charge in [-0.25, -0.2) is 0 Å². The van der Waals surface area contributed by atoms with E-state index in [1.54, 1.807) is 6.08 Å². The number of allylic oxidation sites excluding steroid dienone is 21. The predicted octanol–water partition coefficient (Wildman–Crippen LogP) is 17.8. The monoisotopic (exact) mass is 1370 g/mol. The Kier molecular flexibility index (Phi) is 61.1. The third-order valence-electron chi connectivity index (χ3n) is 18.3. The summed E-state index contributed by atoms with van der Waals surface area (Å²) in [6.07, 6.45) is 82.3. The Bertz CT molecular complexity index is 2160. The second kappa shape index (κ2) is 66.4. The first kappa shape index (κ1) is 90.2. The number of carbonyl (C=O) groups is 1. The molecule has 2 fully saturated rings. The maximum atomic E-state index is 13.4. The van der Waals surface area contributed by atoms with Gasteiger partial charge in [0.2, 0.25) is 5.91 Å². The van der Waals surface area contributed by atoms with Crippen LogP contribution in [0.2, 0.25) is 0 Å². The number of unbranched alkanes of at least 4 members (excludes halogenated alkanes) is 31. The van der Waals surface area contributed by atoms with Crippen molar-refractivity contribution in [1.82, 2.24) is 5.32 Å². The van der Waals surface area contributed by atoms with Crippen LogP contribution in [0.15, 0.2) is 134 Å². The lowest BCUT2D eigenvalue weighted by Gasteiger charge is -2.46. The first-order valence-corrected chi connectivity index (χ1v) is 39.4. The Morgan fingerprint density at radius 2 is 0.714 bits per heavy atom. The second-order valence-corrected chi connectivity index (χ2v) is 27.1. The number of amides is 1. The fourth-order valence-electron chi connectivity index (χ4n) is 12.1. The summed E-state index contributed by atoms with van der Waals surface area (Å²) in [5.74, 6) is -0.263. The van der Waals surface area contributed by atoms with Crippen molar-refractivity contribution in [3.63, 3.8) is 0 Å². The zero-order valence-corrected chi connectivity index (χ0v) is 61.5. The average molecular weight is 1380 g/mol. The van der Waals surface area contributed by atoms with Gasteiger partial charge in [-0.3, -0.25) is 4.79 Å². The summed E-state index contributed by atoms with van der Waals surface area (Å²) >= 11 is 0. The molecule has 2 rings (SSSR count). The smallest absolute Gasteiger partial charge is 0.220 e. The minimum Gasteiger partial charge on any atom is -0.394 e. The maximum Gasteiger partial charge on any atom is 0.220 e. The number of carbonyl (C=O) groups excluding carboxylic acids is 1. The molecule has 2 aliphatic rings. The highest BCUT2D eigenvalue weighted by Gasteiger charge is 2.51. The van der Waals surface area contributed by atoms with Crippen molar-refractivity contribution in [3.05, 3.63) is 134 Å². The second-order valence-electron chi connectivity index (χ2n) is 27.1. The molecule has 12 atom stereocenters. The van der Waals surface area contributed by atoms with Crippen LogP contribution in [-0.4, -0.2) is 140 Å². The molecule has 2 aliphatic heterocycles. The van der Waals surface area contributed by atoms with E-state index >= 15 is 0 Å². The van der Waals surface area contributed by atoms with Gasteiger partial charge in [-0.15, -0.1) is 0 Å². The summed E-state index contributed by atoms with van der Waals surface area (Å²) in [6, 6.07) is -0.950. The molecule has 0 aromatic rings. The van der Waals surface area contributed by atoms with Crippen molar-refractivity contribution in [1.29, 1.82) is 0 Å². The average Bonchev–Trinajstić information content (AvgIpc) is 0.797. The molecule has 12 unspecified atom stereocenters. The summed E-state index contributed by atoms with van der Waals surface area (Å²) in [6.45, 7) is 2.68. The summed E-state index contributed by atoms with van der Waals surface area (Å²) in [7, 11) is 0. The number of aliphatic hydroxyl groups is 8. The van der Waals surface area contributed by atoms with Gasteiger partial charge in [-0.1, -0.05) is 321 Å². The molecule has 0 bridgehead atoms. The Balaban J connectivity index is 1.67. The van der Waals surface area contributed by atoms with Crippen molar-refractivity contribution < 1.29 is 64.6 Å². The number of aliphatic hydroxyl groups excluding tert-OH is 8. The van der Waals surface area contributed by atoms with Gasteiger partial charge in [0.1, 0.15) is 48.8 Å². The standard InChI is InChI=1S/C84H143NO13/c1-3-5-7-9-11-13-15-17-19-21-23-25-27-29-31-33-34-35-36-37-38-40-42-44-46-48-50-52-54-56-58-60-62-64-66-68-76(89)85-72(71-95-83-81(94)79(92)82(75(70-87)97-83)98-84-80(93)78(91)77(90)74(69-86)96-84)73(88)67-65-63-61-59-57-55-53-51-49-47-45-43-41-39-32-30-28-26-24-22-20-18-16-14-12-10-8-6-4-2/h5,7,11,13,17,19,23,25,29,31,34-35,37-38,42,44,48,50,57,59,65,67,72-75,77-84,86-88,90-94H,3-4,6,8-10,12,14-16,18,20-22,24,26-28,30,32-33,36,39-41,43,45-47,49,51-56,58,60-64,66,68-71H2,1-2H3,(H,85,89)/b7-5-,13-11-,19-17-,25-23-,31-29-,35-34-,38-37-,44-42-,50-48-,59-57+,67-65+. The topological polar surface area (TPSA) is 228 Å². The van der Waals surface area contributed by atoms with Gasteiger partial charge in [0.25, 0.3) is 0 Å².